The van der Waals surface area contributed by atoms with Crippen molar-refractivity contribution in [3.8, 4) is 11.5 Å². The maximum atomic E-state index is 10.6. The zero-order valence-electron chi connectivity index (χ0n) is 9.98. The average Bonchev–Trinajstić information content (AvgIpc) is 2.27. The molecule has 1 heterocycles. The molecule has 1 N–H and O–H groups in total. The molecule has 98 valence electrons. The quantitative estimate of drug-likeness (QED) is 0.902. The van der Waals surface area contributed by atoms with Gasteiger partial charge < -0.3 is 14.6 Å². The van der Waals surface area contributed by atoms with Crippen molar-refractivity contribution in [1.29, 1.82) is 0 Å². The van der Waals surface area contributed by atoms with E-state index in [4.69, 9.17) is 26.2 Å². The Labute approximate surface area is 110 Å². The molecule has 6 heteroatoms. The third-order valence-corrected chi connectivity index (χ3v) is 2.80. The highest BCUT2D eigenvalue weighted by Gasteiger charge is 2.17. The summed E-state index contributed by atoms with van der Waals surface area (Å²) in [6.07, 6.45) is 0. The highest BCUT2D eigenvalue weighted by Crippen LogP contribution is 2.38. The fourth-order valence-electron chi connectivity index (χ4n) is 1.85. The van der Waals surface area contributed by atoms with Gasteiger partial charge in [0.1, 0.15) is 13.2 Å². The van der Waals surface area contributed by atoms with Crippen molar-refractivity contribution in [2.75, 3.05) is 26.8 Å². The minimum Gasteiger partial charge on any atom is -0.486 e. The average molecular weight is 272 g/mol. The van der Waals surface area contributed by atoms with Gasteiger partial charge in [0.25, 0.3) is 0 Å². The third kappa shape index (κ3) is 3.05. The monoisotopic (exact) mass is 271 g/mol. The van der Waals surface area contributed by atoms with Crippen molar-refractivity contribution in [3.63, 3.8) is 0 Å². The number of rotatable bonds is 4. The van der Waals surface area contributed by atoms with Crippen LogP contribution in [0.2, 0.25) is 5.02 Å². The number of ether oxygens (including phenoxy) is 2. The second kappa shape index (κ2) is 5.46. The lowest BCUT2D eigenvalue weighted by Gasteiger charge is -2.21. The Kier molecular flexibility index (Phi) is 3.93. The van der Waals surface area contributed by atoms with E-state index in [9.17, 15) is 4.79 Å². The van der Waals surface area contributed by atoms with Gasteiger partial charge in [0, 0.05) is 6.54 Å². The minimum absolute atomic E-state index is 0.0218. The predicted molar refractivity (Wildman–Crippen MR) is 66.4 cm³/mol. The molecule has 1 aromatic rings. The number of hydrogen-bond donors (Lipinski definition) is 1. The first-order chi connectivity index (χ1) is 8.56. The van der Waals surface area contributed by atoms with Crippen molar-refractivity contribution < 1.29 is 19.4 Å². The molecule has 0 bridgehead atoms. The van der Waals surface area contributed by atoms with Gasteiger partial charge in [-0.25, -0.2) is 0 Å². The highest BCUT2D eigenvalue weighted by atomic mass is 35.5. The van der Waals surface area contributed by atoms with E-state index < -0.39 is 5.97 Å². The molecule has 0 saturated heterocycles. The number of carboxylic acid groups (broad SMARTS) is 1. The number of carbonyl (C=O) groups is 1. The number of hydrogen-bond acceptors (Lipinski definition) is 4. The molecule has 0 aliphatic carbocycles. The van der Waals surface area contributed by atoms with Crippen LogP contribution in [0.15, 0.2) is 12.1 Å². The van der Waals surface area contributed by atoms with Crippen LogP contribution in [0.4, 0.5) is 0 Å². The Morgan fingerprint density at radius 2 is 2.17 bits per heavy atom. The van der Waals surface area contributed by atoms with Gasteiger partial charge in [-0.15, -0.1) is 0 Å². The number of halogens is 1. The van der Waals surface area contributed by atoms with Crippen LogP contribution in [0.3, 0.4) is 0 Å². The first-order valence-electron chi connectivity index (χ1n) is 5.54. The van der Waals surface area contributed by atoms with Gasteiger partial charge in [-0.2, -0.15) is 0 Å². The zero-order chi connectivity index (χ0) is 13.1. The van der Waals surface area contributed by atoms with Crippen molar-refractivity contribution in [2.45, 2.75) is 6.54 Å². The smallest absolute Gasteiger partial charge is 0.317 e. The Morgan fingerprint density at radius 1 is 1.44 bits per heavy atom. The van der Waals surface area contributed by atoms with E-state index in [0.29, 0.717) is 36.3 Å². The Balaban J connectivity index is 2.14. The van der Waals surface area contributed by atoms with Crippen LogP contribution < -0.4 is 9.47 Å². The summed E-state index contributed by atoms with van der Waals surface area (Å²) < 4.78 is 10.9. The molecule has 0 spiro atoms. The Hall–Kier alpha value is -1.46. The lowest BCUT2D eigenvalue weighted by Crippen LogP contribution is -2.25. The molecule has 2 rings (SSSR count). The van der Waals surface area contributed by atoms with Crippen LogP contribution in [0.1, 0.15) is 5.56 Å². The van der Waals surface area contributed by atoms with E-state index >= 15 is 0 Å². The molecule has 5 nitrogen and oxygen atoms in total. The van der Waals surface area contributed by atoms with E-state index in [-0.39, 0.29) is 6.54 Å². The molecule has 0 aromatic heterocycles. The number of likely N-dealkylation sites (N-methyl/N-ethyl adjacent to an activating group) is 1. The molecule has 1 aliphatic rings. The number of aliphatic carboxylic acids is 1. The van der Waals surface area contributed by atoms with Gasteiger partial charge in [0.15, 0.2) is 11.5 Å². The fourth-order valence-corrected chi connectivity index (χ4v) is 2.14. The standard InChI is InChI=1S/C12H14ClNO4/c1-14(7-11(15)16)6-8-4-9(13)12-10(5-8)17-2-3-18-12/h4-5H,2-3,6-7H2,1H3,(H,15,16). The normalized spacial score (nSPS) is 13.7. The molecule has 0 fully saturated rings. The van der Waals surface area contributed by atoms with Crippen molar-refractivity contribution >= 4 is 17.6 Å². The maximum absolute atomic E-state index is 10.6. The summed E-state index contributed by atoms with van der Waals surface area (Å²) in [6.45, 7) is 1.46. The van der Waals surface area contributed by atoms with Gasteiger partial charge in [0.05, 0.1) is 11.6 Å². The minimum atomic E-state index is -0.860. The number of fused-ring (bicyclic) bond motifs is 1. The summed E-state index contributed by atoms with van der Waals surface area (Å²) >= 11 is 6.10. The topological polar surface area (TPSA) is 59.0 Å². The number of carboxylic acids is 1. The molecule has 1 aliphatic heterocycles. The molecule has 0 amide bonds. The second-order valence-electron chi connectivity index (χ2n) is 4.17. The molecule has 0 radical (unpaired) electrons. The maximum Gasteiger partial charge on any atom is 0.317 e. The van der Waals surface area contributed by atoms with Gasteiger partial charge >= 0.3 is 5.97 Å². The van der Waals surface area contributed by atoms with E-state index in [1.165, 1.54) is 0 Å². The summed E-state index contributed by atoms with van der Waals surface area (Å²) in [5, 5.41) is 9.19. The predicted octanol–water partition coefficient (Wildman–Crippen LogP) is 1.63. The zero-order valence-corrected chi connectivity index (χ0v) is 10.7. The van der Waals surface area contributed by atoms with Gasteiger partial charge in [-0.1, -0.05) is 11.6 Å². The van der Waals surface area contributed by atoms with Crippen LogP contribution in [-0.4, -0.2) is 42.8 Å². The second-order valence-corrected chi connectivity index (χ2v) is 4.58. The van der Waals surface area contributed by atoms with Crippen LogP contribution in [0, 0.1) is 0 Å². The number of nitrogens with zero attached hydrogens (tertiary/aromatic N) is 1. The van der Waals surface area contributed by atoms with Crippen molar-refractivity contribution in [1.82, 2.24) is 4.90 Å². The van der Waals surface area contributed by atoms with Gasteiger partial charge in [0.2, 0.25) is 0 Å². The summed E-state index contributed by atoms with van der Waals surface area (Å²) in [5.41, 5.74) is 0.896. The highest BCUT2D eigenvalue weighted by molar-refractivity contribution is 6.32. The lowest BCUT2D eigenvalue weighted by atomic mass is 10.2. The first kappa shape index (κ1) is 13.0. The largest absolute Gasteiger partial charge is 0.486 e. The van der Waals surface area contributed by atoms with Crippen LogP contribution >= 0.6 is 11.6 Å². The number of benzene rings is 1. The molecule has 0 atom stereocenters. The summed E-state index contributed by atoms with van der Waals surface area (Å²) in [6, 6.07) is 3.60. The molecule has 18 heavy (non-hydrogen) atoms. The van der Waals surface area contributed by atoms with Crippen molar-refractivity contribution in [3.05, 3.63) is 22.7 Å². The summed E-state index contributed by atoms with van der Waals surface area (Å²) in [7, 11) is 1.73. The van der Waals surface area contributed by atoms with E-state index in [1.54, 1.807) is 18.0 Å². The Morgan fingerprint density at radius 3 is 2.89 bits per heavy atom. The lowest BCUT2D eigenvalue weighted by molar-refractivity contribution is -0.138. The fraction of sp³-hybridized carbons (Fsp3) is 0.417. The summed E-state index contributed by atoms with van der Waals surface area (Å²) in [5.74, 6) is 0.321. The third-order valence-electron chi connectivity index (χ3n) is 2.51. The van der Waals surface area contributed by atoms with E-state index in [0.717, 1.165) is 5.56 Å². The molecular weight excluding hydrogens is 258 g/mol. The van der Waals surface area contributed by atoms with E-state index in [1.807, 2.05) is 6.07 Å². The Bertz CT molecular complexity index is 464. The SMILES string of the molecule is CN(CC(=O)O)Cc1cc(Cl)c2c(c1)OCCO2. The summed E-state index contributed by atoms with van der Waals surface area (Å²) in [4.78, 5) is 12.3. The van der Waals surface area contributed by atoms with E-state index in [2.05, 4.69) is 0 Å². The van der Waals surface area contributed by atoms with Gasteiger partial charge in [-0.3, -0.25) is 9.69 Å². The molecule has 0 saturated carbocycles. The van der Waals surface area contributed by atoms with Gasteiger partial charge in [-0.05, 0) is 24.7 Å². The van der Waals surface area contributed by atoms with Crippen LogP contribution in [0.5, 0.6) is 11.5 Å². The molecular formula is C12H14ClNO4. The first-order valence-corrected chi connectivity index (χ1v) is 5.92. The molecule has 1 aromatic carbocycles. The van der Waals surface area contributed by atoms with Crippen LogP contribution in [0.25, 0.3) is 0 Å². The van der Waals surface area contributed by atoms with Crippen LogP contribution in [-0.2, 0) is 11.3 Å². The van der Waals surface area contributed by atoms with Crippen molar-refractivity contribution in [2.24, 2.45) is 0 Å². The molecule has 0 unspecified atom stereocenters.